The second-order valence-corrected chi connectivity index (χ2v) is 3.57. The van der Waals surface area contributed by atoms with Crippen LogP contribution in [0.3, 0.4) is 0 Å². The molecule has 0 bridgehead atoms. The van der Waals surface area contributed by atoms with E-state index in [9.17, 15) is 4.39 Å². The van der Waals surface area contributed by atoms with E-state index in [1.807, 2.05) is 6.07 Å². The molecule has 0 unspecified atom stereocenters. The van der Waals surface area contributed by atoms with Crippen molar-refractivity contribution < 1.29 is 8.91 Å². The summed E-state index contributed by atoms with van der Waals surface area (Å²) in [6, 6.07) is 8.76. The average Bonchev–Trinajstić information content (AvgIpc) is 2.94. The van der Waals surface area contributed by atoms with Gasteiger partial charge >= 0.3 is 0 Å². The van der Waals surface area contributed by atoms with Crippen LogP contribution in [0.2, 0.25) is 0 Å². The van der Waals surface area contributed by atoms with Gasteiger partial charge in [0, 0.05) is 18.8 Å². The molecule has 0 amide bonds. The first-order valence-electron chi connectivity index (χ1n) is 5.35. The molecule has 5 nitrogen and oxygen atoms in total. The van der Waals surface area contributed by atoms with Gasteiger partial charge < -0.3 is 4.52 Å². The maximum Gasteiger partial charge on any atom is 0.262 e. The molecule has 19 heavy (non-hydrogen) atoms. The molecule has 0 aliphatic rings. The molecule has 0 fully saturated rings. The third kappa shape index (κ3) is 2.72. The Balaban J connectivity index is 2.38. The largest absolute Gasteiger partial charge is 0.333 e. The molecule has 0 saturated carbocycles. The highest BCUT2D eigenvalue weighted by Crippen LogP contribution is 2.19. The third-order valence-corrected chi connectivity index (χ3v) is 2.31. The number of benzene rings is 1. The molecule has 0 radical (unpaired) electrons. The Morgan fingerprint density at radius 1 is 1.53 bits per heavy atom. The Hall–Kier alpha value is -2.81. The van der Waals surface area contributed by atoms with E-state index in [0.29, 0.717) is 17.5 Å². The molecule has 1 aromatic carbocycles. The van der Waals surface area contributed by atoms with E-state index in [-0.39, 0.29) is 17.3 Å². The van der Waals surface area contributed by atoms with Gasteiger partial charge in [-0.25, -0.2) is 4.39 Å². The number of rotatable bonds is 3. The van der Waals surface area contributed by atoms with E-state index < -0.39 is 0 Å². The Kier molecular flexibility index (Phi) is 3.78. The number of aliphatic imine (C=N–C) groups is 1. The molecule has 0 saturated heterocycles. The summed E-state index contributed by atoms with van der Waals surface area (Å²) in [5.41, 5.74) is 1.21. The van der Waals surface area contributed by atoms with E-state index in [1.165, 1.54) is 13.3 Å². The van der Waals surface area contributed by atoms with Crippen LogP contribution in [0.4, 0.5) is 4.39 Å². The SMILES string of the molecule is CN=C/C(=C\F)c1nc(-c2cccc(C#N)c2)no1. The van der Waals surface area contributed by atoms with Crippen LogP contribution in [0.15, 0.2) is 40.1 Å². The first-order chi connectivity index (χ1) is 9.28. The van der Waals surface area contributed by atoms with Gasteiger partial charge in [0.05, 0.1) is 17.2 Å². The van der Waals surface area contributed by atoms with Crippen molar-refractivity contribution in [3.8, 4) is 17.5 Å². The van der Waals surface area contributed by atoms with Crippen LogP contribution >= 0.6 is 0 Å². The van der Waals surface area contributed by atoms with Crippen LogP contribution < -0.4 is 0 Å². The topological polar surface area (TPSA) is 75.1 Å². The van der Waals surface area contributed by atoms with E-state index in [0.717, 1.165) is 0 Å². The second-order valence-electron chi connectivity index (χ2n) is 3.57. The fourth-order valence-electron chi connectivity index (χ4n) is 1.45. The van der Waals surface area contributed by atoms with Crippen molar-refractivity contribution in [2.24, 2.45) is 4.99 Å². The van der Waals surface area contributed by atoms with Gasteiger partial charge in [-0.05, 0) is 12.1 Å². The summed E-state index contributed by atoms with van der Waals surface area (Å²) in [7, 11) is 1.51. The van der Waals surface area contributed by atoms with Crippen LogP contribution in [0.25, 0.3) is 17.0 Å². The minimum Gasteiger partial charge on any atom is -0.333 e. The van der Waals surface area contributed by atoms with Crippen molar-refractivity contribution in [1.82, 2.24) is 10.1 Å². The Bertz CT molecular complexity index is 682. The highest BCUT2D eigenvalue weighted by molar-refractivity contribution is 6.07. The Labute approximate surface area is 108 Å². The number of aromatic nitrogens is 2. The summed E-state index contributed by atoms with van der Waals surface area (Å²) < 4.78 is 17.6. The molecule has 0 aliphatic heterocycles. The lowest BCUT2D eigenvalue weighted by atomic mass is 10.1. The zero-order valence-corrected chi connectivity index (χ0v) is 10.0. The third-order valence-electron chi connectivity index (χ3n) is 2.31. The summed E-state index contributed by atoms with van der Waals surface area (Å²) in [6.45, 7) is 0. The number of allylic oxidation sites excluding steroid dienone is 1. The normalized spacial score (nSPS) is 11.7. The smallest absolute Gasteiger partial charge is 0.262 e. The monoisotopic (exact) mass is 256 g/mol. The van der Waals surface area contributed by atoms with Gasteiger partial charge in [-0.2, -0.15) is 10.2 Å². The van der Waals surface area contributed by atoms with Crippen molar-refractivity contribution in [3.05, 3.63) is 42.0 Å². The predicted octanol–water partition coefficient (Wildman–Crippen LogP) is 2.62. The summed E-state index contributed by atoms with van der Waals surface area (Å²) in [5.74, 6) is 0.321. The van der Waals surface area contributed by atoms with Crippen molar-refractivity contribution >= 4 is 11.8 Å². The minimum atomic E-state index is 0.0328. The zero-order valence-electron chi connectivity index (χ0n) is 10.0. The predicted molar refractivity (Wildman–Crippen MR) is 68.0 cm³/mol. The van der Waals surface area contributed by atoms with E-state index in [4.69, 9.17) is 9.78 Å². The molecule has 2 aromatic rings. The van der Waals surface area contributed by atoms with Crippen molar-refractivity contribution in [2.75, 3.05) is 7.05 Å². The number of hydrogen-bond donors (Lipinski definition) is 0. The van der Waals surface area contributed by atoms with Crippen LogP contribution in [0, 0.1) is 11.3 Å². The molecule has 6 heteroatoms. The van der Waals surface area contributed by atoms with Crippen LogP contribution in [-0.4, -0.2) is 23.4 Å². The standard InChI is InChI=1S/C13H9FN4O/c1-16-8-11(6-14)13-17-12(18-19-13)10-4-2-3-9(5-10)7-15/h2-6,8H,1H3/b11-6+,16-8?. The number of nitrogens with zero attached hydrogens (tertiary/aromatic N) is 4. The molecule has 0 N–H and O–H groups in total. The van der Waals surface area contributed by atoms with Gasteiger partial charge in [-0.15, -0.1) is 0 Å². The summed E-state index contributed by atoms with van der Waals surface area (Å²) in [4.78, 5) is 7.75. The molecule has 94 valence electrons. The minimum absolute atomic E-state index is 0.0328. The fraction of sp³-hybridized carbons (Fsp3) is 0.0769. The number of halogens is 1. The molecular weight excluding hydrogens is 247 g/mol. The van der Waals surface area contributed by atoms with Gasteiger partial charge in [-0.1, -0.05) is 17.3 Å². The molecule has 0 atom stereocenters. The number of nitriles is 1. The highest BCUT2D eigenvalue weighted by Gasteiger charge is 2.12. The van der Waals surface area contributed by atoms with Gasteiger partial charge in [0.25, 0.3) is 5.89 Å². The lowest BCUT2D eigenvalue weighted by Gasteiger charge is -1.93. The van der Waals surface area contributed by atoms with E-state index >= 15 is 0 Å². The first-order valence-corrected chi connectivity index (χ1v) is 5.35. The highest BCUT2D eigenvalue weighted by atomic mass is 19.1. The lowest BCUT2D eigenvalue weighted by Crippen LogP contribution is -1.86. The summed E-state index contributed by atoms with van der Waals surface area (Å²) >= 11 is 0. The average molecular weight is 256 g/mol. The van der Waals surface area contributed by atoms with Gasteiger partial charge in [0.15, 0.2) is 0 Å². The van der Waals surface area contributed by atoms with Gasteiger partial charge in [0.1, 0.15) is 6.33 Å². The zero-order chi connectivity index (χ0) is 13.7. The Morgan fingerprint density at radius 3 is 3.05 bits per heavy atom. The summed E-state index contributed by atoms with van der Waals surface area (Å²) in [5, 5.41) is 12.6. The molecule has 0 spiro atoms. The van der Waals surface area contributed by atoms with Crippen molar-refractivity contribution in [2.45, 2.75) is 0 Å². The lowest BCUT2D eigenvalue weighted by molar-refractivity contribution is 0.409. The quantitative estimate of drug-likeness (QED) is 0.791. The van der Waals surface area contributed by atoms with Gasteiger partial charge in [0.2, 0.25) is 5.82 Å². The maximum atomic E-state index is 12.6. The van der Waals surface area contributed by atoms with E-state index in [2.05, 4.69) is 15.1 Å². The molecule has 1 aromatic heterocycles. The van der Waals surface area contributed by atoms with Gasteiger partial charge in [-0.3, -0.25) is 4.99 Å². The van der Waals surface area contributed by atoms with Crippen molar-refractivity contribution in [1.29, 1.82) is 5.26 Å². The van der Waals surface area contributed by atoms with Crippen LogP contribution in [0.5, 0.6) is 0 Å². The fourth-order valence-corrected chi connectivity index (χ4v) is 1.45. The van der Waals surface area contributed by atoms with E-state index in [1.54, 1.807) is 24.3 Å². The second kappa shape index (κ2) is 5.69. The van der Waals surface area contributed by atoms with Crippen LogP contribution in [0.1, 0.15) is 11.5 Å². The van der Waals surface area contributed by atoms with Crippen molar-refractivity contribution in [3.63, 3.8) is 0 Å². The first kappa shape index (κ1) is 12.6. The molecule has 2 rings (SSSR count). The van der Waals surface area contributed by atoms with Crippen LogP contribution in [-0.2, 0) is 0 Å². The number of hydrogen-bond acceptors (Lipinski definition) is 5. The molecule has 0 aliphatic carbocycles. The molecule has 1 heterocycles. The Morgan fingerprint density at radius 2 is 2.37 bits per heavy atom. The maximum absolute atomic E-state index is 12.6. The summed E-state index contributed by atoms with van der Waals surface area (Å²) in [6.07, 6.45) is 1.62. The molecular formula is C13H9FN4O.